The fraction of sp³-hybridized carbons (Fsp3) is 0.778. The number of hydrogen-bond acceptors (Lipinski definition) is 4. The highest BCUT2D eigenvalue weighted by molar-refractivity contribution is 5.79. The average Bonchev–Trinajstić information content (AvgIpc) is 1.82. The van der Waals surface area contributed by atoms with Gasteiger partial charge in [-0.1, -0.05) is 27.7 Å². The molecule has 0 saturated heterocycles. The van der Waals surface area contributed by atoms with Crippen molar-refractivity contribution in [1.82, 2.24) is 0 Å². The van der Waals surface area contributed by atoms with Crippen LogP contribution in [-0.4, -0.2) is 11.9 Å². The highest BCUT2D eigenvalue weighted by atomic mass is 16.4. The topological polar surface area (TPSA) is 80.3 Å². The van der Waals surface area contributed by atoms with Crippen LogP contribution in [0.1, 0.15) is 34.1 Å². The van der Waals surface area contributed by atoms with Gasteiger partial charge in [0.2, 0.25) is 0 Å². The van der Waals surface area contributed by atoms with Gasteiger partial charge in [0, 0.05) is 17.4 Å². The average molecular weight is 186 g/mol. The van der Waals surface area contributed by atoms with Gasteiger partial charge < -0.3 is 19.8 Å². The molecule has 0 aliphatic rings. The summed E-state index contributed by atoms with van der Waals surface area (Å²) >= 11 is 0. The summed E-state index contributed by atoms with van der Waals surface area (Å²) in [5.74, 6) is -2.73. The van der Waals surface area contributed by atoms with Crippen molar-refractivity contribution in [2.45, 2.75) is 34.1 Å². The summed E-state index contributed by atoms with van der Waals surface area (Å²) in [6.45, 7) is 6.33. The van der Waals surface area contributed by atoms with Gasteiger partial charge in [-0.05, 0) is 11.8 Å². The molecule has 0 aromatic rings. The summed E-state index contributed by atoms with van der Waals surface area (Å²) in [6, 6.07) is 0. The molecule has 0 bridgehead atoms. The highest BCUT2D eigenvalue weighted by Crippen LogP contribution is 2.40. The summed E-state index contributed by atoms with van der Waals surface area (Å²) in [4.78, 5) is 21.2. The summed E-state index contributed by atoms with van der Waals surface area (Å²) < 4.78 is 0. The van der Waals surface area contributed by atoms with E-state index in [9.17, 15) is 19.8 Å². The first-order valence-electron chi connectivity index (χ1n) is 4.02. The molecule has 0 aromatic heterocycles. The molecule has 1 unspecified atom stereocenters. The number of aliphatic carboxylic acids is 2. The zero-order chi connectivity index (χ0) is 10.9. The van der Waals surface area contributed by atoms with Crippen LogP contribution in [-0.2, 0) is 9.59 Å². The molecule has 0 aliphatic carbocycles. The predicted molar refractivity (Wildman–Crippen MR) is 42.2 cm³/mol. The van der Waals surface area contributed by atoms with E-state index >= 15 is 0 Å². The lowest BCUT2D eigenvalue weighted by Crippen LogP contribution is -2.51. The van der Waals surface area contributed by atoms with E-state index in [1.807, 2.05) is 0 Å². The van der Waals surface area contributed by atoms with Gasteiger partial charge in [0.05, 0.1) is 0 Å². The molecule has 0 aliphatic heterocycles. The van der Waals surface area contributed by atoms with Crippen molar-refractivity contribution in [1.29, 1.82) is 0 Å². The maximum Gasteiger partial charge on any atom is 0.0482 e. The van der Waals surface area contributed by atoms with Crippen LogP contribution in [0.25, 0.3) is 0 Å². The third-order valence-electron chi connectivity index (χ3n) is 2.60. The van der Waals surface area contributed by atoms with Crippen LogP contribution < -0.4 is 10.2 Å². The SMILES string of the molecule is CC(C)(C)C(C)(CC(=O)[O-])C(=O)[O-]. The summed E-state index contributed by atoms with van der Waals surface area (Å²) in [5.41, 5.74) is -2.07. The van der Waals surface area contributed by atoms with E-state index < -0.39 is 29.2 Å². The predicted octanol–water partition coefficient (Wildman–Crippen LogP) is -1.07. The van der Waals surface area contributed by atoms with Gasteiger partial charge >= 0.3 is 0 Å². The first kappa shape index (κ1) is 11.9. The van der Waals surface area contributed by atoms with Crippen molar-refractivity contribution in [2.24, 2.45) is 10.8 Å². The zero-order valence-electron chi connectivity index (χ0n) is 8.34. The zero-order valence-corrected chi connectivity index (χ0v) is 8.34. The third kappa shape index (κ3) is 2.44. The van der Waals surface area contributed by atoms with Crippen LogP contribution in [0.5, 0.6) is 0 Å². The number of carboxylic acids is 2. The largest absolute Gasteiger partial charge is 0.550 e. The molecule has 0 spiro atoms. The Labute approximate surface area is 77.6 Å². The van der Waals surface area contributed by atoms with E-state index in [2.05, 4.69) is 0 Å². The molecule has 0 aromatic carbocycles. The minimum atomic E-state index is -1.40. The van der Waals surface area contributed by atoms with Gasteiger partial charge in [0.25, 0.3) is 0 Å². The van der Waals surface area contributed by atoms with Crippen molar-refractivity contribution >= 4 is 11.9 Å². The Morgan fingerprint density at radius 2 is 1.46 bits per heavy atom. The molecule has 0 amide bonds. The molecule has 0 radical (unpaired) electrons. The van der Waals surface area contributed by atoms with Gasteiger partial charge in [0.15, 0.2) is 0 Å². The Morgan fingerprint density at radius 1 is 1.08 bits per heavy atom. The molecule has 0 saturated carbocycles. The summed E-state index contributed by atoms with van der Waals surface area (Å²) in [7, 11) is 0. The molecule has 1 atom stereocenters. The van der Waals surface area contributed by atoms with E-state index in [0.717, 1.165) is 0 Å². The minimum Gasteiger partial charge on any atom is -0.550 e. The van der Waals surface area contributed by atoms with E-state index in [4.69, 9.17) is 0 Å². The normalized spacial score (nSPS) is 16.3. The van der Waals surface area contributed by atoms with Gasteiger partial charge in [0.1, 0.15) is 0 Å². The molecule has 0 fully saturated rings. The maximum absolute atomic E-state index is 10.8. The fourth-order valence-corrected chi connectivity index (χ4v) is 0.932. The van der Waals surface area contributed by atoms with Crippen LogP contribution in [0.4, 0.5) is 0 Å². The highest BCUT2D eigenvalue weighted by Gasteiger charge is 2.38. The van der Waals surface area contributed by atoms with Crippen molar-refractivity contribution in [3.63, 3.8) is 0 Å². The molecule has 0 N–H and O–H groups in total. The lowest BCUT2D eigenvalue weighted by atomic mass is 9.66. The van der Waals surface area contributed by atoms with Gasteiger partial charge in [-0.3, -0.25) is 0 Å². The second kappa shape index (κ2) is 3.36. The number of carbonyl (C=O) groups is 2. The van der Waals surface area contributed by atoms with E-state index in [-0.39, 0.29) is 0 Å². The van der Waals surface area contributed by atoms with E-state index in [1.54, 1.807) is 20.8 Å². The standard InChI is InChI=1S/C9H16O4/c1-8(2,3)9(4,7(12)13)5-6(10)11/h5H2,1-4H3,(H,10,11)(H,12,13)/p-2. The summed E-state index contributed by atoms with van der Waals surface area (Å²) in [5, 5.41) is 21.2. The molecule has 0 rings (SSSR count). The minimum absolute atomic E-state index is 0.529. The lowest BCUT2D eigenvalue weighted by Gasteiger charge is -2.43. The molecule has 4 nitrogen and oxygen atoms in total. The molecular weight excluding hydrogens is 172 g/mol. The number of hydrogen-bond donors (Lipinski definition) is 0. The third-order valence-corrected chi connectivity index (χ3v) is 2.60. The Kier molecular flexibility index (Phi) is 3.08. The van der Waals surface area contributed by atoms with Crippen molar-refractivity contribution in [3.8, 4) is 0 Å². The summed E-state index contributed by atoms with van der Waals surface area (Å²) in [6.07, 6.45) is -0.529. The Hall–Kier alpha value is -1.06. The molecule has 13 heavy (non-hydrogen) atoms. The fourth-order valence-electron chi connectivity index (χ4n) is 0.932. The van der Waals surface area contributed by atoms with Crippen LogP contribution in [0, 0.1) is 10.8 Å². The first-order chi connectivity index (χ1) is 5.61. The molecule has 0 heterocycles. The molecule has 4 heteroatoms. The van der Waals surface area contributed by atoms with E-state index in [0.29, 0.717) is 0 Å². The van der Waals surface area contributed by atoms with Gasteiger partial charge in [-0.2, -0.15) is 0 Å². The van der Waals surface area contributed by atoms with Crippen molar-refractivity contribution in [2.75, 3.05) is 0 Å². The second-order valence-electron chi connectivity index (χ2n) is 4.42. The second-order valence-corrected chi connectivity index (χ2v) is 4.42. The molecular formula is C9H14O4-2. The Balaban J connectivity index is 4.96. The monoisotopic (exact) mass is 186 g/mol. The number of carboxylic acid groups (broad SMARTS) is 2. The number of carbonyl (C=O) groups excluding carboxylic acids is 2. The quantitative estimate of drug-likeness (QED) is 0.562. The van der Waals surface area contributed by atoms with Gasteiger partial charge in [-0.25, -0.2) is 0 Å². The maximum atomic E-state index is 10.8. The van der Waals surface area contributed by atoms with E-state index in [1.165, 1.54) is 6.92 Å². The lowest BCUT2D eigenvalue weighted by molar-refractivity contribution is -0.332. The van der Waals surface area contributed by atoms with Crippen LogP contribution in [0.2, 0.25) is 0 Å². The van der Waals surface area contributed by atoms with Crippen LogP contribution in [0.3, 0.4) is 0 Å². The molecule has 76 valence electrons. The Bertz CT molecular complexity index is 226. The smallest absolute Gasteiger partial charge is 0.0482 e. The van der Waals surface area contributed by atoms with Crippen molar-refractivity contribution in [3.05, 3.63) is 0 Å². The van der Waals surface area contributed by atoms with Crippen LogP contribution in [0.15, 0.2) is 0 Å². The Morgan fingerprint density at radius 3 is 1.54 bits per heavy atom. The van der Waals surface area contributed by atoms with Crippen LogP contribution >= 0.6 is 0 Å². The first-order valence-corrected chi connectivity index (χ1v) is 4.02. The number of rotatable bonds is 3. The van der Waals surface area contributed by atoms with Gasteiger partial charge in [-0.15, -0.1) is 0 Å². The van der Waals surface area contributed by atoms with Crippen molar-refractivity contribution < 1.29 is 19.8 Å².